The second-order valence-corrected chi connectivity index (χ2v) is 5.91. The predicted molar refractivity (Wildman–Crippen MR) is 74.6 cm³/mol. The van der Waals surface area contributed by atoms with Crippen LogP contribution in [0, 0.1) is 11.8 Å². The van der Waals surface area contributed by atoms with E-state index in [9.17, 15) is 0 Å². The predicted octanol–water partition coefficient (Wildman–Crippen LogP) is 3.03. The number of hydrogen-bond acceptors (Lipinski definition) is 1. The first-order valence-electron chi connectivity index (χ1n) is 6.53. The van der Waals surface area contributed by atoms with Crippen LogP contribution in [0.5, 0.6) is 0 Å². The van der Waals surface area contributed by atoms with Crippen LogP contribution < -0.4 is 5.32 Å². The highest BCUT2D eigenvalue weighted by Gasteiger charge is 2.26. The van der Waals surface area contributed by atoms with Crippen LogP contribution in [0.2, 0.25) is 0 Å². The van der Waals surface area contributed by atoms with E-state index < -0.39 is 0 Å². The van der Waals surface area contributed by atoms with E-state index in [1.54, 1.807) is 0 Å². The molecule has 1 N–H and O–H groups in total. The number of nitrogens with zero attached hydrogens (tertiary/aromatic N) is 1. The highest BCUT2D eigenvalue weighted by Crippen LogP contribution is 2.27. The monoisotopic (exact) mass is 242 g/mol. The molecule has 0 aliphatic heterocycles. The van der Waals surface area contributed by atoms with Crippen molar-refractivity contribution < 1.29 is 0 Å². The van der Waals surface area contributed by atoms with Crippen molar-refractivity contribution in [1.29, 1.82) is 0 Å². The Morgan fingerprint density at radius 3 is 2.56 bits per heavy atom. The van der Waals surface area contributed by atoms with Gasteiger partial charge in [0.15, 0.2) is 5.11 Å². The minimum Gasteiger partial charge on any atom is -0.362 e. The maximum atomic E-state index is 5.44. The van der Waals surface area contributed by atoms with Crippen molar-refractivity contribution in [2.45, 2.75) is 52.5 Å². The summed E-state index contributed by atoms with van der Waals surface area (Å²) in [6.07, 6.45) is 5.38. The molecule has 0 heterocycles. The summed E-state index contributed by atoms with van der Waals surface area (Å²) < 4.78 is 0. The van der Waals surface area contributed by atoms with Gasteiger partial charge >= 0.3 is 0 Å². The summed E-state index contributed by atoms with van der Waals surface area (Å²) in [5, 5.41) is 4.28. The Kier molecular flexibility index (Phi) is 5.53. The zero-order valence-electron chi connectivity index (χ0n) is 11.1. The molecular weight excluding hydrogens is 216 g/mol. The Hall–Kier alpha value is -0.310. The van der Waals surface area contributed by atoms with Crippen LogP contribution in [-0.2, 0) is 0 Å². The molecule has 0 amide bonds. The molecule has 3 heteroatoms. The summed E-state index contributed by atoms with van der Waals surface area (Å²) >= 11 is 5.44. The molecule has 0 radical (unpaired) electrons. The average Bonchev–Trinajstić information content (AvgIpc) is 2.25. The highest BCUT2D eigenvalue weighted by molar-refractivity contribution is 7.80. The lowest BCUT2D eigenvalue weighted by atomic mass is 9.85. The summed E-state index contributed by atoms with van der Waals surface area (Å²) in [5.41, 5.74) is 0. The van der Waals surface area contributed by atoms with Crippen LogP contribution in [0.25, 0.3) is 0 Å². The van der Waals surface area contributed by atoms with Crippen molar-refractivity contribution in [2.75, 3.05) is 13.6 Å². The largest absolute Gasteiger partial charge is 0.362 e. The first-order chi connectivity index (χ1) is 7.52. The van der Waals surface area contributed by atoms with Gasteiger partial charge in [-0.2, -0.15) is 0 Å². The minimum absolute atomic E-state index is 0.640. The lowest BCUT2D eigenvalue weighted by Crippen LogP contribution is -2.47. The fourth-order valence-electron chi connectivity index (χ4n) is 2.44. The standard InChI is InChI=1S/C13H26N2S/c1-10(2)9-14-13(16)15(4)12-8-6-5-7-11(12)3/h10-12H,5-9H2,1-4H3,(H,14,16). The molecule has 16 heavy (non-hydrogen) atoms. The van der Waals surface area contributed by atoms with E-state index in [1.807, 2.05) is 0 Å². The van der Waals surface area contributed by atoms with Gasteiger partial charge in [-0.25, -0.2) is 0 Å². The molecule has 1 rings (SSSR count). The van der Waals surface area contributed by atoms with Crippen molar-refractivity contribution in [2.24, 2.45) is 11.8 Å². The molecule has 1 aliphatic rings. The summed E-state index contributed by atoms with van der Waals surface area (Å²) in [4.78, 5) is 2.28. The van der Waals surface area contributed by atoms with Gasteiger partial charge in [0, 0.05) is 19.6 Å². The van der Waals surface area contributed by atoms with Crippen LogP contribution >= 0.6 is 12.2 Å². The smallest absolute Gasteiger partial charge is 0.168 e. The second-order valence-electron chi connectivity index (χ2n) is 5.52. The second kappa shape index (κ2) is 6.43. The molecule has 2 nitrogen and oxygen atoms in total. The number of rotatable bonds is 3. The van der Waals surface area contributed by atoms with Gasteiger partial charge in [0.25, 0.3) is 0 Å². The first-order valence-corrected chi connectivity index (χ1v) is 6.94. The summed E-state index contributed by atoms with van der Waals surface area (Å²) in [6, 6.07) is 0.640. The third kappa shape index (κ3) is 3.93. The van der Waals surface area contributed by atoms with Crippen molar-refractivity contribution in [3.05, 3.63) is 0 Å². The van der Waals surface area contributed by atoms with E-state index in [0.29, 0.717) is 12.0 Å². The Morgan fingerprint density at radius 2 is 2.00 bits per heavy atom. The lowest BCUT2D eigenvalue weighted by Gasteiger charge is -2.37. The maximum Gasteiger partial charge on any atom is 0.168 e. The topological polar surface area (TPSA) is 15.3 Å². The maximum absolute atomic E-state index is 5.44. The summed E-state index contributed by atoms with van der Waals surface area (Å²) in [6.45, 7) is 7.74. The summed E-state index contributed by atoms with van der Waals surface area (Å²) in [7, 11) is 2.14. The third-order valence-electron chi connectivity index (χ3n) is 3.55. The van der Waals surface area contributed by atoms with Crippen LogP contribution in [0.15, 0.2) is 0 Å². The van der Waals surface area contributed by atoms with Crippen LogP contribution in [0.4, 0.5) is 0 Å². The summed E-state index contributed by atoms with van der Waals surface area (Å²) in [5.74, 6) is 1.42. The molecular formula is C13H26N2S. The minimum atomic E-state index is 0.640. The van der Waals surface area contributed by atoms with Crippen molar-refractivity contribution in [3.8, 4) is 0 Å². The Morgan fingerprint density at radius 1 is 1.38 bits per heavy atom. The molecule has 2 unspecified atom stereocenters. The molecule has 0 aromatic heterocycles. The molecule has 1 fully saturated rings. The molecule has 1 saturated carbocycles. The van der Waals surface area contributed by atoms with Gasteiger partial charge in [-0.3, -0.25) is 0 Å². The Bertz CT molecular complexity index is 228. The zero-order valence-corrected chi connectivity index (χ0v) is 11.9. The molecule has 94 valence electrons. The van der Waals surface area contributed by atoms with E-state index in [2.05, 4.69) is 38.0 Å². The molecule has 1 aliphatic carbocycles. The third-order valence-corrected chi connectivity index (χ3v) is 3.98. The van der Waals surface area contributed by atoms with Crippen molar-refractivity contribution in [1.82, 2.24) is 10.2 Å². The van der Waals surface area contributed by atoms with Gasteiger partial charge in [-0.05, 0) is 36.9 Å². The average molecular weight is 242 g/mol. The van der Waals surface area contributed by atoms with Gasteiger partial charge in [-0.1, -0.05) is 33.6 Å². The number of hydrogen-bond donors (Lipinski definition) is 1. The van der Waals surface area contributed by atoms with Gasteiger partial charge in [0.1, 0.15) is 0 Å². The van der Waals surface area contributed by atoms with Gasteiger partial charge in [-0.15, -0.1) is 0 Å². The highest BCUT2D eigenvalue weighted by atomic mass is 32.1. The first kappa shape index (κ1) is 13.8. The fourth-order valence-corrected chi connectivity index (χ4v) is 2.66. The Labute approximate surface area is 106 Å². The van der Waals surface area contributed by atoms with E-state index in [1.165, 1.54) is 25.7 Å². The van der Waals surface area contributed by atoms with Crippen LogP contribution in [-0.4, -0.2) is 29.6 Å². The molecule has 0 saturated heterocycles. The molecule has 0 spiro atoms. The van der Waals surface area contributed by atoms with Crippen molar-refractivity contribution >= 4 is 17.3 Å². The SMILES string of the molecule is CC(C)CNC(=S)N(C)C1CCCCC1C. The molecule has 0 aromatic carbocycles. The normalized spacial score (nSPS) is 25.6. The van der Waals surface area contributed by atoms with Crippen LogP contribution in [0.1, 0.15) is 46.5 Å². The van der Waals surface area contributed by atoms with Gasteiger partial charge in [0.2, 0.25) is 0 Å². The van der Waals surface area contributed by atoms with Gasteiger partial charge < -0.3 is 10.2 Å². The zero-order chi connectivity index (χ0) is 12.1. The molecule has 0 bridgehead atoms. The van der Waals surface area contributed by atoms with Crippen LogP contribution in [0.3, 0.4) is 0 Å². The Balaban J connectivity index is 2.42. The van der Waals surface area contributed by atoms with E-state index in [4.69, 9.17) is 12.2 Å². The fraction of sp³-hybridized carbons (Fsp3) is 0.923. The number of thiocarbonyl (C=S) groups is 1. The van der Waals surface area contributed by atoms with E-state index in [-0.39, 0.29) is 0 Å². The molecule has 0 aromatic rings. The lowest BCUT2D eigenvalue weighted by molar-refractivity contribution is 0.203. The molecule has 2 atom stereocenters. The van der Waals surface area contributed by atoms with E-state index >= 15 is 0 Å². The van der Waals surface area contributed by atoms with Crippen molar-refractivity contribution in [3.63, 3.8) is 0 Å². The van der Waals surface area contributed by atoms with E-state index in [0.717, 1.165) is 17.6 Å². The van der Waals surface area contributed by atoms with Gasteiger partial charge in [0.05, 0.1) is 0 Å². The quantitative estimate of drug-likeness (QED) is 0.766. The number of nitrogens with one attached hydrogen (secondary N) is 1.